The van der Waals surface area contributed by atoms with Crippen molar-refractivity contribution in [3.63, 3.8) is 0 Å². The minimum Gasteiger partial charge on any atom is -0.350 e. The van der Waals surface area contributed by atoms with Crippen molar-refractivity contribution in [3.8, 4) is 0 Å². The Labute approximate surface area is 207 Å². The first-order chi connectivity index (χ1) is 16.3. The first-order valence-corrected chi connectivity index (χ1v) is 11.4. The van der Waals surface area contributed by atoms with Gasteiger partial charge in [0.05, 0.1) is 5.69 Å². The maximum atomic E-state index is 13.1. The number of imide groups is 1. The van der Waals surface area contributed by atoms with Crippen molar-refractivity contribution >= 4 is 58.0 Å². The molecule has 0 radical (unpaired) electrons. The summed E-state index contributed by atoms with van der Waals surface area (Å²) in [6.07, 6.45) is 0. The maximum absolute atomic E-state index is 13.1. The second-order valence-electron chi connectivity index (χ2n) is 7.61. The molecule has 1 N–H and O–H groups in total. The normalized spacial score (nSPS) is 13.5. The highest BCUT2D eigenvalue weighted by atomic mass is 35.5. The van der Waals surface area contributed by atoms with Crippen LogP contribution in [0.5, 0.6) is 0 Å². The molecule has 0 aliphatic carbocycles. The quantitative estimate of drug-likeness (QED) is 0.443. The Bertz CT molecular complexity index is 1300. The van der Waals surface area contributed by atoms with Crippen molar-refractivity contribution in [2.75, 3.05) is 21.7 Å². The molecule has 0 saturated carbocycles. The molecule has 1 aliphatic rings. The molecule has 4 rings (SSSR count). The third-order valence-electron chi connectivity index (χ3n) is 5.54. The lowest BCUT2D eigenvalue weighted by atomic mass is 10.1. The van der Waals surface area contributed by atoms with Gasteiger partial charge in [0.15, 0.2) is 0 Å². The van der Waals surface area contributed by atoms with E-state index in [1.807, 2.05) is 37.3 Å². The summed E-state index contributed by atoms with van der Waals surface area (Å²) in [5.74, 6) is -1.36. The number of halogens is 2. The lowest BCUT2D eigenvalue weighted by Crippen LogP contribution is -2.33. The van der Waals surface area contributed by atoms with Crippen molar-refractivity contribution < 1.29 is 14.4 Å². The number of benzene rings is 3. The van der Waals surface area contributed by atoms with Crippen LogP contribution in [0.15, 0.2) is 83.5 Å². The summed E-state index contributed by atoms with van der Waals surface area (Å²) in [7, 11) is 0. The number of amides is 3. The van der Waals surface area contributed by atoms with E-state index in [0.29, 0.717) is 34.1 Å². The average Bonchev–Trinajstić information content (AvgIpc) is 3.05. The second kappa shape index (κ2) is 9.71. The van der Waals surface area contributed by atoms with Crippen LogP contribution in [-0.4, -0.2) is 24.3 Å². The maximum Gasteiger partial charge on any atom is 0.283 e. The van der Waals surface area contributed by atoms with Crippen LogP contribution < -0.4 is 15.1 Å². The smallest absolute Gasteiger partial charge is 0.283 e. The Hall–Kier alpha value is -3.61. The van der Waals surface area contributed by atoms with Crippen LogP contribution >= 0.6 is 23.2 Å². The standard InChI is InChI=1S/C26H21Cl2N3O3/c1-3-30(19-8-5-4-6-9-19)24(32)17-12-14-18(15-13-17)29-23-22(28)25(33)31(26(23)34)21-11-7-10-20(27)16(21)2/h4-15,29H,3H2,1-2H3. The Morgan fingerprint density at radius 1 is 0.912 bits per heavy atom. The fraction of sp³-hybridized carbons (Fsp3) is 0.115. The molecule has 34 heavy (non-hydrogen) atoms. The minimum absolute atomic E-state index is 0.0374. The van der Waals surface area contributed by atoms with E-state index in [0.717, 1.165) is 10.6 Å². The van der Waals surface area contributed by atoms with Crippen LogP contribution in [0.3, 0.4) is 0 Å². The second-order valence-corrected chi connectivity index (χ2v) is 8.39. The molecular formula is C26H21Cl2N3O3. The van der Waals surface area contributed by atoms with Gasteiger partial charge >= 0.3 is 0 Å². The summed E-state index contributed by atoms with van der Waals surface area (Å²) < 4.78 is 0. The number of nitrogens with one attached hydrogen (secondary N) is 1. The van der Waals surface area contributed by atoms with E-state index in [9.17, 15) is 14.4 Å². The number of hydrogen-bond donors (Lipinski definition) is 1. The summed E-state index contributed by atoms with van der Waals surface area (Å²) >= 11 is 12.4. The first-order valence-electron chi connectivity index (χ1n) is 10.6. The predicted molar refractivity (Wildman–Crippen MR) is 135 cm³/mol. The van der Waals surface area contributed by atoms with Gasteiger partial charge in [0.2, 0.25) is 0 Å². The average molecular weight is 494 g/mol. The van der Waals surface area contributed by atoms with Gasteiger partial charge in [-0.1, -0.05) is 47.5 Å². The van der Waals surface area contributed by atoms with Gasteiger partial charge in [0, 0.05) is 28.5 Å². The molecule has 3 aromatic carbocycles. The molecule has 1 aliphatic heterocycles. The Kier molecular flexibility index (Phi) is 6.72. The molecule has 8 heteroatoms. The van der Waals surface area contributed by atoms with Crippen molar-refractivity contribution in [2.45, 2.75) is 13.8 Å². The fourth-order valence-corrected chi connectivity index (χ4v) is 4.10. The number of rotatable bonds is 6. The van der Waals surface area contributed by atoms with E-state index in [1.165, 1.54) is 0 Å². The van der Waals surface area contributed by atoms with Crippen LogP contribution in [0.4, 0.5) is 17.1 Å². The zero-order valence-corrected chi connectivity index (χ0v) is 20.0. The van der Waals surface area contributed by atoms with Gasteiger partial charge in [-0.15, -0.1) is 0 Å². The molecule has 0 aromatic heterocycles. The highest BCUT2D eigenvalue weighted by Crippen LogP contribution is 2.34. The SMILES string of the molecule is CCN(C(=O)c1ccc(NC2=C(Cl)C(=O)N(c3cccc(Cl)c3C)C2=O)cc1)c1ccccc1. The van der Waals surface area contributed by atoms with Crippen molar-refractivity contribution in [1.82, 2.24) is 0 Å². The number of hydrogen-bond acceptors (Lipinski definition) is 4. The Balaban J connectivity index is 1.54. The van der Waals surface area contributed by atoms with E-state index >= 15 is 0 Å². The summed E-state index contributed by atoms with van der Waals surface area (Å²) in [4.78, 5) is 41.5. The molecule has 0 bridgehead atoms. The molecule has 1 heterocycles. The van der Waals surface area contributed by atoms with Gasteiger partial charge in [0.1, 0.15) is 10.7 Å². The Morgan fingerprint density at radius 3 is 2.24 bits per heavy atom. The molecule has 0 fully saturated rings. The van der Waals surface area contributed by atoms with Crippen LogP contribution in [0.2, 0.25) is 5.02 Å². The number of anilines is 3. The highest BCUT2D eigenvalue weighted by Gasteiger charge is 2.39. The molecule has 0 unspecified atom stereocenters. The highest BCUT2D eigenvalue weighted by molar-refractivity contribution is 6.53. The topological polar surface area (TPSA) is 69.7 Å². The predicted octanol–water partition coefficient (Wildman–Crippen LogP) is 5.75. The van der Waals surface area contributed by atoms with Crippen LogP contribution in [0.1, 0.15) is 22.8 Å². The summed E-state index contributed by atoms with van der Waals surface area (Å²) in [6, 6.07) is 21.0. The molecule has 0 spiro atoms. The van der Waals surface area contributed by atoms with Gasteiger partial charge in [-0.25, -0.2) is 4.90 Å². The van der Waals surface area contributed by atoms with Gasteiger partial charge < -0.3 is 10.2 Å². The molecule has 6 nitrogen and oxygen atoms in total. The van der Waals surface area contributed by atoms with E-state index < -0.39 is 11.8 Å². The third kappa shape index (κ3) is 4.30. The molecule has 3 aromatic rings. The molecule has 172 valence electrons. The fourth-order valence-electron chi connectivity index (χ4n) is 3.72. The van der Waals surface area contributed by atoms with Gasteiger partial charge in [0.25, 0.3) is 17.7 Å². The molecular weight excluding hydrogens is 473 g/mol. The zero-order chi connectivity index (χ0) is 24.4. The monoisotopic (exact) mass is 493 g/mol. The Morgan fingerprint density at radius 2 is 1.59 bits per heavy atom. The number of carbonyl (C=O) groups is 3. The van der Waals surface area contributed by atoms with Gasteiger partial charge in [-0.2, -0.15) is 0 Å². The van der Waals surface area contributed by atoms with E-state index in [4.69, 9.17) is 23.2 Å². The summed E-state index contributed by atoms with van der Waals surface area (Å²) in [5.41, 5.74) is 2.74. The summed E-state index contributed by atoms with van der Waals surface area (Å²) in [6.45, 7) is 4.15. The van der Waals surface area contributed by atoms with Crippen molar-refractivity contribution in [3.05, 3.63) is 99.7 Å². The van der Waals surface area contributed by atoms with Crippen molar-refractivity contribution in [1.29, 1.82) is 0 Å². The van der Waals surface area contributed by atoms with E-state index in [2.05, 4.69) is 5.32 Å². The molecule has 0 saturated heterocycles. The largest absolute Gasteiger partial charge is 0.350 e. The molecule has 0 atom stereocenters. The number of nitrogens with zero attached hydrogens (tertiary/aromatic N) is 2. The lowest BCUT2D eigenvalue weighted by Gasteiger charge is -2.21. The first kappa shape index (κ1) is 23.5. The molecule has 3 amide bonds. The minimum atomic E-state index is -0.632. The lowest BCUT2D eigenvalue weighted by molar-refractivity contribution is -0.120. The van der Waals surface area contributed by atoms with E-state index in [-0.39, 0.29) is 16.6 Å². The van der Waals surface area contributed by atoms with Gasteiger partial charge in [-0.3, -0.25) is 14.4 Å². The van der Waals surface area contributed by atoms with Gasteiger partial charge in [-0.05, 0) is 67.9 Å². The number of para-hydroxylation sites is 1. The number of carbonyl (C=O) groups excluding carboxylic acids is 3. The van der Waals surface area contributed by atoms with Crippen LogP contribution in [-0.2, 0) is 9.59 Å². The third-order valence-corrected chi connectivity index (χ3v) is 6.30. The van der Waals surface area contributed by atoms with Crippen molar-refractivity contribution in [2.24, 2.45) is 0 Å². The summed E-state index contributed by atoms with van der Waals surface area (Å²) in [5, 5.41) is 3.14. The van der Waals surface area contributed by atoms with Crippen LogP contribution in [0.25, 0.3) is 0 Å². The van der Waals surface area contributed by atoms with E-state index in [1.54, 1.807) is 54.3 Å². The van der Waals surface area contributed by atoms with Crippen LogP contribution in [0, 0.1) is 6.92 Å². The zero-order valence-electron chi connectivity index (χ0n) is 18.5.